The van der Waals surface area contributed by atoms with Gasteiger partial charge in [-0.25, -0.2) is 4.79 Å². The van der Waals surface area contributed by atoms with Crippen molar-refractivity contribution in [1.29, 1.82) is 0 Å². The van der Waals surface area contributed by atoms with Gasteiger partial charge in [0.1, 0.15) is 17.1 Å². The molecular weight excluding hydrogens is 480 g/mol. The van der Waals surface area contributed by atoms with Crippen LogP contribution in [0.4, 0.5) is 0 Å². The van der Waals surface area contributed by atoms with Crippen molar-refractivity contribution in [1.82, 2.24) is 9.88 Å². The third kappa shape index (κ3) is 4.83. The van der Waals surface area contributed by atoms with Crippen LogP contribution >= 0.6 is 0 Å². The van der Waals surface area contributed by atoms with E-state index < -0.39 is 12.1 Å². The number of ether oxygens (including phenoxy) is 1. The van der Waals surface area contributed by atoms with E-state index in [1.165, 1.54) is 12.5 Å². The first-order valence-corrected chi connectivity index (χ1v) is 12.8. The van der Waals surface area contributed by atoms with E-state index in [0.717, 1.165) is 47.1 Å². The highest BCUT2D eigenvalue weighted by Gasteiger charge is 2.42. The van der Waals surface area contributed by atoms with Crippen molar-refractivity contribution in [2.75, 3.05) is 20.2 Å². The minimum absolute atomic E-state index is 0.0388. The predicted molar refractivity (Wildman–Crippen MR) is 148 cm³/mol. The van der Waals surface area contributed by atoms with E-state index in [2.05, 4.69) is 22.5 Å². The Hall–Kier alpha value is -3.94. The van der Waals surface area contributed by atoms with Crippen LogP contribution in [0.3, 0.4) is 0 Å². The Kier molecular flexibility index (Phi) is 7.31. The monoisotopic (exact) mass is 512 g/mol. The van der Waals surface area contributed by atoms with Gasteiger partial charge in [0.25, 0.3) is 0 Å². The lowest BCUT2D eigenvalue weighted by Gasteiger charge is -2.50. The minimum Gasteiger partial charge on any atom is -0.507 e. The number of carbonyl (C=O) groups is 1. The largest absolute Gasteiger partial charge is 0.507 e. The van der Waals surface area contributed by atoms with Crippen molar-refractivity contribution < 1.29 is 24.9 Å². The van der Waals surface area contributed by atoms with E-state index in [1.807, 2.05) is 30.3 Å². The number of hydrogen-bond acceptors (Lipinski definition) is 6. The van der Waals surface area contributed by atoms with Gasteiger partial charge in [-0.05, 0) is 77.9 Å². The fourth-order valence-corrected chi connectivity index (χ4v) is 5.93. The van der Waals surface area contributed by atoms with Crippen molar-refractivity contribution in [3.8, 4) is 11.5 Å². The number of hydrogen-bond donors (Lipinski definition) is 3. The lowest BCUT2D eigenvalue weighted by atomic mass is 9.73. The summed E-state index contributed by atoms with van der Waals surface area (Å²) < 4.78 is 5.35. The third-order valence-electron chi connectivity index (χ3n) is 7.94. The SMILES string of the molecule is C=C[C@H]1C[N@]2CC[C@H]1C[C@@H]2[C@@H](O)c1ccnc2ccc(OC)cc12.O=C(O)c1c(O)ccc2ccccc12. The average molecular weight is 513 g/mol. The number of rotatable bonds is 5. The highest BCUT2D eigenvalue weighted by Crippen LogP contribution is 2.42. The molecule has 3 saturated heterocycles. The summed E-state index contributed by atoms with van der Waals surface area (Å²) in [6.45, 7) is 6.07. The quantitative estimate of drug-likeness (QED) is 0.307. The van der Waals surface area contributed by atoms with Crippen LogP contribution in [-0.2, 0) is 0 Å². The summed E-state index contributed by atoms with van der Waals surface area (Å²) >= 11 is 0. The molecule has 3 aromatic carbocycles. The van der Waals surface area contributed by atoms with Crippen molar-refractivity contribution in [3.63, 3.8) is 0 Å². The van der Waals surface area contributed by atoms with E-state index in [1.54, 1.807) is 37.6 Å². The molecule has 38 heavy (non-hydrogen) atoms. The van der Waals surface area contributed by atoms with Gasteiger partial charge >= 0.3 is 5.97 Å². The van der Waals surface area contributed by atoms with E-state index in [-0.39, 0.29) is 17.4 Å². The number of piperidine rings is 3. The van der Waals surface area contributed by atoms with E-state index >= 15 is 0 Å². The molecule has 1 aromatic heterocycles. The number of aromatic carboxylic acids is 1. The molecule has 7 rings (SSSR count). The van der Waals surface area contributed by atoms with Gasteiger partial charge < -0.3 is 20.1 Å². The second kappa shape index (κ2) is 10.8. The van der Waals surface area contributed by atoms with E-state index in [9.17, 15) is 15.0 Å². The molecule has 0 amide bonds. The van der Waals surface area contributed by atoms with Gasteiger partial charge in [-0.2, -0.15) is 0 Å². The van der Waals surface area contributed by atoms with Crippen molar-refractivity contribution >= 4 is 27.6 Å². The Labute approximate surface area is 221 Å². The maximum atomic E-state index is 11.2. The molecule has 0 aliphatic carbocycles. The first-order chi connectivity index (χ1) is 18.4. The Morgan fingerprint density at radius 3 is 2.68 bits per heavy atom. The molecule has 5 atom stereocenters. The van der Waals surface area contributed by atoms with Crippen molar-refractivity contribution in [2.24, 2.45) is 11.8 Å². The molecule has 0 saturated carbocycles. The number of methoxy groups -OCH3 is 1. The number of carboxylic acid groups (broad SMARTS) is 1. The highest BCUT2D eigenvalue weighted by molar-refractivity contribution is 6.06. The van der Waals surface area contributed by atoms with Crippen LogP contribution in [0.5, 0.6) is 11.5 Å². The summed E-state index contributed by atoms with van der Waals surface area (Å²) in [5, 5.41) is 31.8. The number of aromatic nitrogens is 1. The number of fused-ring (bicyclic) bond motifs is 5. The molecule has 3 fully saturated rings. The maximum Gasteiger partial charge on any atom is 0.340 e. The summed E-state index contributed by atoms with van der Waals surface area (Å²) in [6.07, 6.45) is 5.62. The van der Waals surface area contributed by atoms with Crippen molar-refractivity contribution in [2.45, 2.75) is 25.0 Å². The second-order valence-electron chi connectivity index (χ2n) is 9.96. The Bertz CT molecular complexity index is 1490. The van der Waals surface area contributed by atoms with Crippen LogP contribution in [-0.4, -0.2) is 57.4 Å². The smallest absolute Gasteiger partial charge is 0.340 e. The molecule has 7 nitrogen and oxygen atoms in total. The molecule has 3 N–H and O–H groups in total. The highest BCUT2D eigenvalue weighted by atomic mass is 16.5. The number of nitrogens with zero attached hydrogens (tertiary/aromatic N) is 2. The summed E-state index contributed by atoms with van der Waals surface area (Å²) in [7, 11) is 1.66. The number of aliphatic hydroxyl groups excluding tert-OH is 1. The fraction of sp³-hybridized carbons (Fsp3) is 0.290. The van der Waals surface area contributed by atoms with E-state index in [4.69, 9.17) is 9.84 Å². The fourth-order valence-electron chi connectivity index (χ4n) is 5.93. The minimum atomic E-state index is -1.11. The van der Waals surface area contributed by atoms with Gasteiger partial charge in [0.2, 0.25) is 0 Å². The summed E-state index contributed by atoms with van der Waals surface area (Å²) in [6, 6.07) is 18.1. The Morgan fingerprint density at radius 1 is 1.16 bits per heavy atom. The summed E-state index contributed by atoms with van der Waals surface area (Å²) in [5.41, 5.74) is 1.81. The number of pyridine rings is 1. The van der Waals surface area contributed by atoms with Gasteiger partial charge in [-0.3, -0.25) is 9.88 Å². The summed E-state index contributed by atoms with van der Waals surface area (Å²) in [4.78, 5) is 17.7. The molecule has 0 unspecified atom stereocenters. The number of aromatic hydroxyl groups is 1. The van der Waals surface area contributed by atoms with E-state index in [0.29, 0.717) is 17.2 Å². The topological polar surface area (TPSA) is 103 Å². The maximum absolute atomic E-state index is 11.2. The molecule has 196 valence electrons. The normalized spacial score (nSPS) is 22.9. The molecule has 0 radical (unpaired) electrons. The van der Waals surface area contributed by atoms with Gasteiger partial charge in [0.05, 0.1) is 18.7 Å². The standard InChI is InChI=1S/C20H24N2O2.C11H8O3/c1-3-13-12-22-9-7-14(13)10-19(22)20(23)16-6-8-21-18-5-4-15(24-2)11-17(16)18;12-9-6-5-7-3-1-2-4-8(7)10(9)11(13)14/h3-6,8,11,13-14,19-20,23H,1,7,9-10,12H2,2H3;1-6,12H,(H,13,14)/t13-,14-,19+,20-;/m0./s1. The molecule has 7 heteroatoms. The zero-order chi connectivity index (χ0) is 26.8. The molecule has 3 aliphatic rings. The van der Waals surface area contributed by atoms with Crippen LogP contribution in [0.2, 0.25) is 0 Å². The summed E-state index contributed by atoms with van der Waals surface area (Å²) in [5.74, 6) is 0.697. The van der Waals surface area contributed by atoms with Crippen LogP contribution in [0.15, 0.2) is 79.5 Å². The first kappa shape index (κ1) is 25.7. The van der Waals surface area contributed by atoms with Crippen molar-refractivity contribution in [3.05, 3.63) is 90.6 Å². The van der Waals surface area contributed by atoms with Crippen LogP contribution in [0.1, 0.15) is 34.9 Å². The second-order valence-corrected chi connectivity index (χ2v) is 9.96. The lowest BCUT2D eigenvalue weighted by Crippen LogP contribution is -2.54. The Balaban J connectivity index is 0.000000179. The first-order valence-electron chi connectivity index (χ1n) is 12.8. The number of benzene rings is 3. The van der Waals surface area contributed by atoms with Crippen LogP contribution in [0, 0.1) is 11.8 Å². The van der Waals surface area contributed by atoms with Gasteiger partial charge in [-0.15, -0.1) is 6.58 Å². The van der Waals surface area contributed by atoms with Gasteiger partial charge in [0, 0.05) is 24.2 Å². The van der Waals surface area contributed by atoms with Gasteiger partial charge in [-0.1, -0.05) is 36.4 Å². The predicted octanol–water partition coefficient (Wildman–Crippen LogP) is 5.42. The zero-order valence-corrected chi connectivity index (χ0v) is 21.3. The Morgan fingerprint density at radius 2 is 1.97 bits per heavy atom. The van der Waals surface area contributed by atoms with Gasteiger partial charge in [0.15, 0.2) is 0 Å². The molecule has 4 heterocycles. The lowest BCUT2D eigenvalue weighted by molar-refractivity contribution is -0.0444. The molecular formula is C31H32N2O5. The average Bonchev–Trinajstić information content (AvgIpc) is 2.96. The van der Waals surface area contributed by atoms with Crippen LogP contribution < -0.4 is 4.74 Å². The van der Waals surface area contributed by atoms with Crippen LogP contribution in [0.25, 0.3) is 21.7 Å². The molecule has 3 aliphatic heterocycles. The number of phenols is 1. The third-order valence-corrected chi connectivity index (χ3v) is 7.94. The molecule has 0 spiro atoms. The molecule has 4 aromatic rings. The zero-order valence-electron chi connectivity index (χ0n) is 21.3. The number of aliphatic hydroxyl groups is 1. The number of carboxylic acids is 1. The molecule has 2 bridgehead atoms.